The summed E-state index contributed by atoms with van der Waals surface area (Å²) in [6.07, 6.45) is 6.90. The predicted octanol–water partition coefficient (Wildman–Crippen LogP) is 0.968. The van der Waals surface area contributed by atoms with Crippen molar-refractivity contribution in [2.45, 2.75) is 13.5 Å². The van der Waals surface area contributed by atoms with Gasteiger partial charge in [0, 0.05) is 12.4 Å². The highest BCUT2D eigenvalue weighted by Crippen LogP contribution is 2.28. The van der Waals surface area contributed by atoms with Crippen LogP contribution in [0.4, 0.5) is 0 Å². The Balaban J connectivity index is 2.03. The number of rotatable bonds is 8. The van der Waals surface area contributed by atoms with Crippen molar-refractivity contribution in [2.24, 2.45) is 21.7 Å². The first-order valence-corrected chi connectivity index (χ1v) is 7.16. The lowest BCUT2D eigenvalue weighted by atomic mass is 10.2. The molecule has 0 aliphatic rings. The molecule has 0 amide bonds. The van der Waals surface area contributed by atoms with Crippen molar-refractivity contribution in [1.29, 1.82) is 0 Å². The zero-order chi connectivity index (χ0) is 16.5. The van der Waals surface area contributed by atoms with Crippen molar-refractivity contribution in [3.05, 3.63) is 42.5 Å². The van der Waals surface area contributed by atoms with Crippen LogP contribution in [0, 0.1) is 0 Å². The summed E-state index contributed by atoms with van der Waals surface area (Å²) in [6, 6.07) is 5.50. The molecule has 2 rings (SSSR count). The maximum Gasteiger partial charge on any atom is 0.211 e. The minimum Gasteiger partial charge on any atom is -0.490 e. The molecular formula is C15H20N6O2. The van der Waals surface area contributed by atoms with Gasteiger partial charge in [0.15, 0.2) is 11.5 Å². The van der Waals surface area contributed by atoms with Gasteiger partial charge < -0.3 is 25.5 Å². The topological polar surface area (TPSA) is 113 Å². The highest BCUT2D eigenvalue weighted by molar-refractivity contribution is 5.82. The summed E-state index contributed by atoms with van der Waals surface area (Å²) in [5.41, 5.74) is 11.2. The Labute approximate surface area is 134 Å². The quantitative estimate of drug-likeness (QED) is 0.428. The second-order valence-corrected chi connectivity index (χ2v) is 4.56. The minimum atomic E-state index is -0.0919. The van der Waals surface area contributed by atoms with Crippen molar-refractivity contribution in [1.82, 2.24) is 9.55 Å². The van der Waals surface area contributed by atoms with Crippen LogP contribution in [0.1, 0.15) is 12.5 Å². The molecule has 8 nitrogen and oxygen atoms in total. The molecule has 0 aliphatic carbocycles. The van der Waals surface area contributed by atoms with E-state index in [4.69, 9.17) is 20.9 Å². The van der Waals surface area contributed by atoms with Crippen LogP contribution in [0.25, 0.3) is 0 Å². The molecule has 4 N–H and O–H groups in total. The number of benzene rings is 1. The van der Waals surface area contributed by atoms with Gasteiger partial charge in [0.05, 0.1) is 25.7 Å². The largest absolute Gasteiger partial charge is 0.490 e. The Morgan fingerprint density at radius 3 is 2.87 bits per heavy atom. The number of hydrogen-bond acceptors (Lipinski definition) is 5. The SMILES string of the molecule is CCOc1cc(C=NN=C(N)N)ccc1OCCn1ccnc1. The van der Waals surface area contributed by atoms with Crippen LogP contribution in [0.3, 0.4) is 0 Å². The lowest BCUT2D eigenvalue weighted by Gasteiger charge is -2.12. The van der Waals surface area contributed by atoms with E-state index in [0.717, 1.165) is 5.56 Å². The number of imidazole rings is 1. The zero-order valence-electron chi connectivity index (χ0n) is 12.9. The first kappa shape index (κ1) is 16.3. The maximum atomic E-state index is 5.78. The smallest absolute Gasteiger partial charge is 0.211 e. The number of aromatic nitrogens is 2. The van der Waals surface area contributed by atoms with E-state index in [1.54, 1.807) is 12.5 Å². The first-order valence-electron chi connectivity index (χ1n) is 7.16. The molecule has 8 heteroatoms. The number of nitrogens with zero attached hydrogens (tertiary/aromatic N) is 4. The fourth-order valence-corrected chi connectivity index (χ4v) is 1.83. The maximum absolute atomic E-state index is 5.78. The second kappa shape index (κ2) is 8.42. The van der Waals surface area contributed by atoms with E-state index in [0.29, 0.717) is 31.3 Å². The van der Waals surface area contributed by atoms with Crippen molar-refractivity contribution >= 4 is 12.2 Å². The van der Waals surface area contributed by atoms with E-state index >= 15 is 0 Å². The fourth-order valence-electron chi connectivity index (χ4n) is 1.83. The molecular weight excluding hydrogens is 296 g/mol. The van der Waals surface area contributed by atoms with Crippen molar-refractivity contribution in [3.63, 3.8) is 0 Å². The molecule has 0 saturated carbocycles. The van der Waals surface area contributed by atoms with Crippen molar-refractivity contribution in [3.8, 4) is 11.5 Å². The Bertz CT molecular complexity index is 663. The third kappa shape index (κ3) is 5.34. The van der Waals surface area contributed by atoms with Gasteiger partial charge in [-0.2, -0.15) is 5.10 Å². The summed E-state index contributed by atoms with van der Waals surface area (Å²) >= 11 is 0. The summed E-state index contributed by atoms with van der Waals surface area (Å²) < 4.78 is 13.3. The average Bonchev–Trinajstić information content (AvgIpc) is 3.02. The summed E-state index contributed by atoms with van der Waals surface area (Å²) in [5, 5.41) is 7.33. The van der Waals surface area contributed by atoms with Gasteiger partial charge in [-0.25, -0.2) is 4.98 Å². The van der Waals surface area contributed by atoms with Crippen molar-refractivity contribution < 1.29 is 9.47 Å². The Hall–Kier alpha value is -3.03. The van der Waals surface area contributed by atoms with E-state index < -0.39 is 0 Å². The molecule has 0 bridgehead atoms. The van der Waals surface area contributed by atoms with Crippen LogP contribution in [-0.2, 0) is 6.54 Å². The highest BCUT2D eigenvalue weighted by Gasteiger charge is 2.06. The summed E-state index contributed by atoms with van der Waals surface area (Å²) in [7, 11) is 0. The lowest BCUT2D eigenvalue weighted by molar-refractivity contribution is 0.266. The molecule has 0 atom stereocenters. The molecule has 1 aromatic heterocycles. The molecule has 2 aromatic rings. The molecule has 122 valence electrons. The molecule has 0 aliphatic heterocycles. The normalized spacial score (nSPS) is 10.7. The van der Waals surface area contributed by atoms with Crippen LogP contribution < -0.4 is 20.9 Å². The summed E-state index contributed by atoms with van der Waals surface area (Å²) in [4.78, 5) is 3.99. The van der Waals surface area contributed by atoms with Crippen LogP contribution in [0.15, 0.2) is 47.1 Å². The van der Waals surface area contributed by atoms with E-state index in [9.17, 15) is 0 Å². The van der Waals surface area contributed by atoms with E-state index in [1.165, 1.54) is 6.21 Å². The van der Waals surface area contributed by atoms with Crippen LogP contribution in [0.2, 0.25) is 0 Å². The molecule has 0 saturated heterocycles. The molecule has 23 heavy (non-hydrogen) atoms. The van der Waals surface area contributed by atoms with Gasteiger partial charge >= 0.3 is 0 Å². The van der Waals surface area contributed by atoms with Gasteiger partial charge in [0.2, 0.25) is 5.96 Å². The Morgan fingerprint density at radius 1 is 1.30 bits per heavy atom. The summed E-state index contributed by atoms with van der Waals surface area (Å²) in [6.45, 7) is 3.67. The minimum absolute atomic E-state index is 0.0919. The lowest BCUT2D eigenvalue weighted by Crippen LogP contribution is -2.21. The molecule has 1 aromatic carbocycles. The molecule has 0 radical (unpaired) electrons. The van der Waals surface area contributed by atoms with Crippen molar-refractivity contribution in [2.75, 3.05) is 13.2 Å². The summed E-state index contributed by atoms with van der Waals surface area (Å²) in [5.74, 6) is 1.23. The standard InChI is InChI=1S/C15H20N6O2/c1-2-22-14-9-12(10-19-20-15(16)17)3-4-13(14)23-8-7-21-6-5-18-11-21/h3-6,9-11H,2,7-8H2,1H3,(H4,16,17,20). The predicted molar refractivity (Wildman–Crippen MR) is 88.7 cm³/mol. The average molecular weight is 316 g/mol. The van der Waals surface area contributed by atoms with Gasteiger partial charge in [0.1, 0.15) is 6.61 Å². The molecule has 0 spiro atoms. The third-order valence-corrected chi connectivity index (χ3v) is 2.81. The van der Waals surface area contributed by atoms with Gasteiger partial charge in [-0.15, -0.1) is 5.10 Å². The number of ether oxygens (including phenoxy) is 2. The van der Waals surface area contributed by atoms with Crippen LogP contribution >= 0.6 is 0 Å². The van der Waals surface area contributed by atoms with Crippen LogP contribution in [0.5, 0.6) is 11.5 Å². The molecule has 0 unspecified atom stereocenters. The van der Waals surface area contributed by atoms with Gasteiger partial charge in [-0.3, -0.25) is 0 Å². The second-order valence-electron chi connectivity index (χ2n) is 4.56. The fraction of sp³-hybridized carbons (Fsp3) is 0.267. The van der Waals surface area contributed by atoms with E-state index in [2.05, 4.69) is 15.2 Å². The van der Waals surface area contributed by atoms with E-state index in [1.807, 2.05) is 35.9 Å². The first-order chi connectivity index (χ1) is 11.2. The van der Waals surface area contributed by atoms with E-state index in [-0.39, 0.29) is 5.96 Å². The third-order valence-electron chi connectivity index (χ3n) is 2.81. The number of nitrogens with two attached hydrogens (primary N) is 2. The van der Waals surface area contributed by atoms with Gasteiger partial charge in [-0.1, -0.05) is 0 Å². The number of guanidine groups is 1. The monoisotopic (exact) mass is 316 g/mol. The van der Waals surface area contributed by atoms with Gasteiger partial charge in [-0.05, 0) is 30.7 Å². The Morgan fingerprint density at radius 2 is 2.17 bits per heavy atom. The molecule has 1 heterocycles. The van der Waals surface area contributed by atoms with Gasteiger partial charge in [0.25, 0.3) is 0 Å². The van der Waals surface area contributed by atoms with Crippen LogP contribution in [-0.4, -0.2) is 34.9 Å². The number of hydrogen-bond donors (Lipinski definition) is 2. The Kier molecular flexibility index (Phi) is 5.98. The highest BCUT2D eigenvalue weighted by atomic mass is 16.5. The molecule has 0 fully saturated rings. The zero-order valence-corrected chi connectivity index (χ0v) is 12.9.